The molecule has 2 aromatic rings. The Hall–Kier alpha value is -3.41. The molecule has 0 spiro atoms. The van der Waals surface area contributed by atoms with Crippen molar-refractivity contribution in [2.45, 2.75) is 51.9 Å². The third-order valence-corrected chi connectivity index (χ3v) is 5.02. The van der Waals surface area contributed by atoms with Crippen molar-refractivity contribution in [1.82, 2.24) is 4.90 Å². The quantitative estimate of drug-likeness (QED) is 0.598. The SMILES string of the molecule is CC(C)(C)OC(=O)N1C(=O)[C@H](CC=Cc2ccccc2)C[C@H]1C(=O)OCc1ccccc1. The maximum Gasteiger partial charge on any atom is 0.417 e. The summed E-state index contributed by atoms with van der Waals surface area (Å²) >= 11 is 0. The molecule has 1 aliphatic heterocycles. The molecule has 0 aromatic heterocycles. The fraction of sp³-hybridized carbons (Fsp3) is 0.346. The molecule has 168 valence electrons. The van der Waals surface area contributed by atoms with E-state index in [1.54, 1.807) is 20.8 Å². The second-order valence-corrected chi connectivity index (χ2v) is 8.78. The molecule has 1 saturated heterocycles. The molecule has 2 amide bonds. The summed E-state index contributed by atoms with van der Waals surface area (Å²) < 4.78 is 10.8. The number of carbonyl (C=O) groups excluding carboxylic acids is 3. The van der Waals surface area contributed by atoms with Gasteiger partial charge in [-0.05, 0) is 44.7 Å². The highest BCUT2D eigenvalue weighted by atomic mass is 16.6. The maximum absolute atomic E-state index is 13.0. The van der Waals surface area contributed by atoms with Crippen LogP contribution in [0.3, 0.4) is 0 Å². The van der Waals surface area contributed by atoms with Crippen molar-refractivity contribution in [1.29, 1.82) is 0 Å². The van der Waals surface area contributed by atoms with Crippen LogP contribution in [0.2, 0.25) is 0 Å². The Morgan fingerprint density at radius 2 is 1.66 bits per heavy atom. The van der Waals surface area contributed by atoms with Crippen molar-refractivity contribution in [3.63, 3.8) is 0 Å². The zero-order chi connectivity index (χ0) is 23.1. The van der Waals surface area contributed by atoms with Crippen LogP contribution in [-0.2, 0) is 25.7 Å². The number of ether oxygens (including phenoxy) is 2. The molecular formula is C26H29NO5. The number of carbonyl (C=O) groups is 3. The predicted molar refractivity (Wildman–Crippen MR) is 121 cm³/mol. The molecule has 2 atom stereocenters. The minimum atomic E-state index is -1.00. The molecule has 1 fully saturated rings. The number of amides is 2. The lowest BCUT2D eigenvalue weighted by atomic mass is 10.0. The summed E-state index contributed by atoms with van der Waals surface area (Å²) in [5, 5.41) is 0. The monoisotopic (exact) mass is 435 g/mol. The number of allylic oxidation sites excluding steroid dienone is 1. The summed E-state index contributed by atoms with van der Waals surface area (Å²) in [4.78, 5) is 39.6. The zero-order valence-corrected chi connectivity index (χ0v) is 18.7. The van der Waals surface area contributed by atoms with Crippen molar-refractivity contribution in [3.8, 4) is 0 Å². The van der Waals surface area contributed by atoms with Crippen LogP contribution in [0.5, 0.6) is 0 Å². The standard InChI is InChI=1S/C26H29NO5/c1-26(2,3)32-25(30)27-22(24(29)31-18-20-13-8-5-9-14-20)17-21(23(27)28)16-10-15-19-11-6-4-7-12-19/h4-15,21-22H,16-18H2,1-3H3/t21-,22+/m1/s1. The molecule has 0 unspecified atom stereocenters. The highest BCUT2D eigenvalue weighted by Gasteiger charge is 2.48. The van der Waals surface area contributed by atoms with Gasteiger partial charge in [0.25, 0.3) is 0 Å². The number of imide groups is 1. The van der Waals surface area contributed by atoms with E-state index in [1.807, 2.05) is 72.8 Å². The Labute approximate surface area is 188 Å². The molecule has 0 saturated carbocycles. The lowest BCUT2D eigenvalue weighted by molar-refractivity contribution is -0.152. The van der Waals surface area contributed by atoms with E-state index < -0.39 is 35.5 Å². The average molecular weight is 436 g/mol. The molecule has 1 heterocycles. The normalized spacial score (nSPS) is 18.7. The molecule has 0 bridgehead atoms. The third-order valence-electron chi connectivity index (χ3n) is 5.02. The Morgan fingerprint density at radius 3 is 2.28 bits per heavy atom. The zero-order valence-electron chi connectivity index (χ0n) is 18.7. The van der Waals surface area contributed by atoms with Gasteiger partial charge in [0.05, 0.1) is 0 Å². The van der Waals surface area contributed by atoms with Crippen molar-refractivity contribution < 1.29 is 23.9 Å². The van der Waals surface area contributed by atoms with Gasteiger partial charge >= 0.3 is 12.1 Å². The Balaban J connectivity index is 1.72. The number of hydrogen-bond acceptors (Lipinski definition) is 5. The lowest BCUT2D eigenvalue weighted by Gasteiger charge is -2.26. The topological polar surface area (TPSA) is 72.9 Å². The summed E-state index contributed by atoms with van der Waals surface area (Å²) in [6.07, 6.45) is 3.61. The predicted octanol–water partition coefficient (Wildman–Crippen LogP) is 4.99. The molecule has 0 N–H and O–H groups in total. The summed E-state index contributed by atoms with van der Waals surface area (Å²) in [6, 6.07) is 18.0. The van der Waals surface area contributed by atoms with Gasteiger partial charge in [-0.1, -0.05) is 72.8 Å². The fourth-order valence-corrected chi connectivity index (χ4v) is 3.51. The van der Waals surface area contributed by atoms with Gasteiger partial charge in [0.2, 0.25) is 5.91 Å². The molecule has 2 aromatic carbocycles. The lowest BCUT2D eigenvalue weighted by Crippen LogP contribution is -2.46. The summed E-state index contributed by atoms with van der Waals surface area (Å²) in [7, 11) is 0. The fourth-order valence-electron chi connectivity index (χ4n) is 3.51. The summed E-state index contributed by atoms with van der Waals surface area (Å²) in [5.74, 6) is -1.53. The average Bonchev–Trinajstić information content (AvgIpc) is 3.09. The van der Waals surface area contributed by atoms with E-state index in [-0.39, 0.29) is 13.0 Å². The van der Waals surface area contributed by atoms with E-state index in [4.69, 9.17) is 9.47 Å². The van der Waals surface area contributed by atoms with Gasteiger partial charge in [0, 0.05) is 5.92 Å². The first-order chi connectivity index (χ1) is 15.2. The largest absolute Gasteiger partial charge is 0.459 e. The second kappa shape index (κ2) is 10.3. The smallest absolute Gasteiger partial charge is 0.417 e. The highest BCUT2D eigenvalue weighted by Crippen LogP contribution is 2.30. The first-order valence-corrected chi connectivity index (χ1v) is 10.7. The van der Waals surface area contributed by atoms with Gasteiger partial charge in [-0.2, -0.15) is 0 Å². The number of benzene rings is 2. The Morgan fingerprint density at radius 1 is 1.03 bits per heavy atom. The van der Waals surface area contributed by atoms with Crippen molar-refractivity contribution in [2.75, 3.05) is 0 Å². The third kappa shape index (κ3) is 6.30. The molecule has 0 radical (unpaired) electrons. The van der Waals surface area contributed by atoms with Gasteiger partial charge in [0.15, 0.2) is 0 Å². The van der Waals surface area contributed by atoms with Crippen LogP contribution < -0.4 is 0 Å². The van der Waals surface area contributed by atoms with E-state index in [2.05, 4.69) is 0 Å². The number of likely N-dealkylation sites (tertiary alicyclic amines) is 1. The molecule has 6 heteroatoms. The maximum atomic E-state index is 13.0. The van der Waals surface area contributed by atoms with Gasteiger partial charge < -0.3 is 9.47 Å². The van der Waals surface area contributed by atoms with Crippen LogP contribution in [-0.4, -0.2) is 34.5 Å². The van der Waals surface area contributed by atoms with Gasteiger partial charge in [0.1, 0.15) is 18.2 Å². The van der Waals surface area contributed by atoms with Crippen molar-refractivity contribution in [3.05, 3.63) is 77.9 Å². The molecule has 1 aliphatic rings. The minimum Gasteiger partial charge on any atom is -0.459 e. The van der Waals surface area contributed by atoms with Crippen LogP contribution in [0.25, 0.3) is 6.08 Å². The molecule has 32 heavy (non-hydrogen) atoms. The van der Waals surface area contributed by atoms with E-state index in [0.29, 0.717) is 6.42 Å². The highest BCUT2D eigenvalue weighted by molar-refractivity contribution is 6.00. The van der Waals surface area contributed by atoms with Crippen LogP contribution in [0.1, 0.15) is 44.7 Å². The first-order valence-electron chi connectivity index (χ1n) is 10.7. The summed E-state index contributed by atoms with van der Waals surface area (Å²) in [6.45, 7) is 5.22. The van der Waals surface area contributed by atoms with E-state index in [1.165, 1.54) is 0 Å². The molecule has 6 nitrogen and oxygen atoms in total. The molecule has 0 aliphatic carbocycles. The minimum absolute atomic E-state index is 0.0745. The van der Waals surface area contributed by atoms with E-state index >= 15 is 0 Å². The first kappa shape index (κ1) is 23.3. The van der Waals surface area contributed by atoms with E-state index in [9.17, 15) is 14.4 Å². The molecular weight excluding hydrogens is 406 g/mol. The van der Waals surface area contributed by atoms with E-state index in [0.717, 1.165) is 16.0 Å². The van der Waals surface area contributed by atoms with Crippen LogP contribution in [0, 0.1) is 5.92 Å². The number of nitrogens with zero attached hydrogens (tertiary/aromatic N) is 1. The van der Waals surface area contributed by atoms with Gasteiger partial charge in [-0.3, -0.25) is 4.79 Å². The summed E-state index contributed by atoms with van der Waals surface area (Å²) in [5.41, 5.74) is 1.05. The van der Waals surface area contributed by atoms with Gasteiger partial charge in [-0.25, -0.2) is 14.5 Å². The Bertz CT molecular complexity index is 963. The van der Waals surface area contributed by atoms with Crippen LogP contribution in [0.15, 0.2) is 66.7 Å². The second-order valence-electron chi connectivity index (χ2n) is 8.78. The van der Waals surface area contributed by atoms with Crippen LogP contribution in [0.4, 0.5) is 4.79 Å². The van der Waals surface area contributed by atoms with Gasteiger partial charge in [-0.15, -0.1) is 0 Å². The number of hydrogen-bond donors (Lipinski definition) is 0. The number of esters is 1. The van der Waals surface area contributed by atoms with Crippen molar-refractivity contribution in [2.24, 2.45) is 5.92 Å². The molecule has 3 rings (SSSR count). The number of rotatable bonds is 6. The van der Waals surface area contributed by atoms with Crippen molar-refractivity contribution >= 4 is 24.0 Å². The van der Waals surface area contributed by atoms with Crippen LogP contribution >= 0.6 is 0 Å². The Kier molecular flexibility index (Phi) is 7.46.